The number of morpholine rings is 1. The van der Waals surface area contributed by atoms with Gasteiger partial charge in [-0.05, 0) is 25.5 Å². The van der Waals surface area contributed by atoms with Crippen LogP contribution < -0.4 is 4.90 Å². The van der Waals surface area contributed by atoms with Crippen molar-refractivity contribution in [3.63, 3.8) is 0 Å². The first-order valence-corrected chi connectivity index (χ1v) is 11.3. The Balaban J connectivity index is 1.50. The summed E-state index contributed by atoms with van der Waals surface area (Å²) in [5.41, 5.74) is 0.844. The summed E-state index contributed by atoms with van der Waals surface area (Å²) in [5, 5.41) is 1.25. The van der Waals surface area contributed by atoms with Gasteiger partial charge in [-0.3, -0.25) is 4.79 Å². The second kappa shape index (κ2) is 9.17. The van der Waals surface area contributed by atoms with Crippen LogP contribution in [0.15, 0.2) is 35.7 Å². The van der Waals surface area contributed by atoms with Gasteiger partial charge in [-0.2, -0.15) is 4.31 Å². The fourth-order valence-corrected chi connectivity index (χ4v) is 5.04. The molecule has 0 radical (unpaired) electrons. The number of carbonyl (C=O) groups is 1. The largest absolute Gasteiger partial charge is 0.364 e. The van der Waals surface area contributed by atoms with E-state index >= 15 is 0 Å². The van der Waals surface area contributed by atoms with E-state index in [-0.39, 0.29) is 18.1 Å². The van der Waals surface area contributed by atoms with Crippen LogP contribution >= 0.6 is 0 Å². The minimum atomic E-state index is -3.48. The Morgan fingerprint density at radius 1 is 1.11 bits per heavy atom. The van der Waals surface area contributed by atoms with Crippen molar-refractivity contribution in [3.05, 3.63) is 41.3 Å². The Hall–Kier alpha value is -1.74. The number of rotatable bonds is 5. The number of quaternary nitrogens is 1. The maximum Gasteiger partial charge on any atom is 0.277 e. The zero-order chi connectivity index (χ0) is 20.1. The van der Waals surface area contributed by atoms with E-state index in [1.807, 2.05) is 44.2 Å². The van der Waals surface area contributed by atoms with Gasteiger partial charge in [0.15, 0.2) is 6.54 Å². The summed E-state index contributed by atoms with van der Waals surface area (Å²) in [6, 6.07) is 9.35. The Labute approximate surface area is 167 Å². The van der Waals surface area contributed by atoms with Gasteiger partial charge in [0.1, 0.15) is 25.3 Å². The quantitative estimate of drug-likeness (QED) is 0.734. The lowest BCUT2D eigenvalue weighted by atomic mass is 10.2. The van der Waals surface area contributed by atoms with E-state index in [0.717, 1.165) is 18.7 Å². The zero-order valence-electron chi connectivity index (χ0n) is 16.6. The first-order chi connectivity index (χ1) is 13.3. The lowest BCUT2D eigenvalue weighted by Crippen LogP contribution is -3.16. The van der Waals surface area contributed by atoms with Gasteiger partial charge < -0.3 is 14.5 Å². The number of hydrogen-bond acceptors (Lipinski definition) is 4. The number of piperazine rings is 1. The second-order valence-electron chi connectivity index (χ2n) is 7.63. The van der Waals surface area contributed by atoms with Gasteiger partial charge in [-0.15, -0.1) is 0 Å². The normalized spacial score (nSPS) is 27.2. The molecule has 8 heteroatoms. The third kappa shape index (κ3) is 5.64. The highest BCUT2D eigenvalue weighted by molar-refractivity contribution is 7.92. The third-order valence-electron chi connectivity index (χ3n) is 5.20. The summed E-state index contributed by atoms with van der Waals surface area (Å²) in [4.78, 5) is 15.6. The minimum Gasteiger partial charge on any atom is -0.364 e. The molecule has 2 saturated heterocycles. The number of hydrogen-bond donors (Lipinski definition) is 1. The van der Waals surface area contributed by atoms with E-state index in [2.05, 4.69) is 0 Å². The monoisotopic (exact) mass is 408 g/mol. The van der Waals surface area contributed by atoms with Gasteiger partial charge in [-0.1, -0.05) is 30.3 Å². The molecule has 1 amide bonds. The van der Waals surface area contributed by atoms with Gasteiger partial charge >= 0.3 is 0 Å². The van der Waals surface area contributed by atoms with Crippen molar-refractivity contribution in [1.82, 2.24) is 9.21 Å². The number of carbonyl (C=O) groups excluding carboxylic acids is 1. The van der Waals surface area contributed by atoms with Crippen LogP contribution in [0.2, 0.25) is 0 Å². The molecule has 0 bridgehead atoms. The van der Waals surface area contributed by atoms with Gasteiger partial charge in [0, 0.05) is 31.6 Å². The molecule has 154 valence electrons. The van der Waals surface area contributed by atoms with Crippen molar-refractivity contribution in [2.45, 2.75) is 26.1 Å². The molecule has 3 rings (SSSR count). The second-order valence-corrected chi connectivity index (χ2v) is 9.45. The van der Waals surface area contributed by atoms with Crippen molar-refractivity contribution >= 4 is 22.0 Å². The molecule has 2 aliphatic rings. The molecule has 1 N–H and O–H groups in total. The van der Waals surface area contributed by atoms with Crippen molar-refractivity contribution in [2.75, 3.05) is 45.8 Å². The first kappa shape index (κ1) is 21.0. The number of nitrogens with one attached hydrogen (secondary N) is 1. The number of amides is 1. The molecule has 0 saturated carbocycles. The van der Waals surface area contributed by atoms with Crippen LogP contribution in [-0.4, -0.2) is 81.6 Å². The van der Waals surface area contributed by atoms with Gasteiger partial charge in [0.25, 0.3) is 5.91 Å². The molecule has 0 unspecified atom stereocenters. The topological polar surface area (TPSA) is 71.4 Å². The Morgan fingerprint density at radius 3 is 2.32 bits per heavy atom. The molecule has 2 aliphatic heterocycles. The van der Waals surface area contributed by atoms with Crippen LogP contribution in [0.25, 0.3) is 6.08 Å². The maximum atomic E-state index is 12.6. The first-order valence-electron chi connectivity index (χ1n) is 9.83. The summed E-state index contributed by atoms with van der Waals surface area (Å²) < 4.78 is 32.3. The molecule has 0 aliphatic carbocycles. The van der Waals surface area contributed by atoms with E-state index < -0.39 is 10.0 Å². The van der Waals surface area contributed by atoms with Crippen molar-refractivity contribution in [3.8, 4) is 0 Å². The average molecular weight is 409 g/mol. The molecule has 1 aromatic rings. The van der Waals surface area contributed by atoms with E-state index in [4.69, 9.17) is 4.74 Å². The van der Waals surface area contributed by atoms with Gasteiger partial charge in [-0.25, -0.2) is 8.42 Å². The lowest BCUT2D eigenvalue weighted by molar-refractivity contribution is -0.907. The molecule has 28 heavy (non-hydrogen) atoms. The highest BCUT2D eigenvalue weighted by Crippen LogP contribution is 2.11. The number of nitrogens with zero attached hydrogens (tertiary/aromatic N) is 2. The lowest BCUT2D eigenvalue weighted by Gasteiger charge is -2.36. The fourth-order valence-electron chi connectivity index (χ4n) is 3.87. The van der Waals surface area contributed by atoms with Gasteiger partial charge in [0.05, 0.1) is 0 Å². The number of ether oxygens (including phenoxy) is 1. The SMILES string of the molecule is C[C@H]1C[NH+](CC(=O)N2CCN(S(=O)(=O)/C=C/c3ccccc3)CC2)C[C@H](C)O1. The summed E-state index contributed by atoms with van der Waals surface area (Å²) in [5.74, 6) is 0.0909. The van der Waals surface area contributed by atoms with E-state index in [1.165, 1.54) is 14.6 Å². The molecule has 2 fully saturated rings. The van der Waals surface area contributed by atoms with Crippen LogP contribution in [0.5, 0.6) is 0 Å². The number of sulfonamides is 1. The van der Waals surface area contributed by atoms with E-state index in [9.17, 15) is 13.2 Å². The van der Waals surface area contributed by atoms with Crippen molar-refractivity contribution in [2.24, 2.45) is 0 Å². The van der Waals surface area contributed by atoms with E-state index in [1.54, 1.807) is 11.0 Å². The third-order valence-corrected chi connectivity index (χ3v) is 6.77. The minimum absolute atomic E-state index is 0.0909. The van der Waals surface area contributed by atoms with Crippen LogP contribution in [0.4, 0.5) is 0 Å². The predicted molar refractivity (Wildman–Crippen MR) is 108 cm³/mol. The van der Waals surface area contributed by atoms with Crippen LogP contribution in [0, 0.1) is 0 Å². The smallest absolute Gasteiger partial charge is 0.277 e. The Bertz CT molecular complexity index is 779. The molecule has 0 spiro atoms. The molecular weight excluding hydrogens is 378 g/mol. The standard InChI is InChI=1S/C20H29N3O4S/c1-17-14-21(15-18(2)27-17)16-20(24)22-9-11-23(12-10-22)28(25,26)13-8-19-6-4-3-5-7-19/h3-8,13,17-18H,9-12,14-16H2,1-2H3/p+1/b13-8+/t17-,18-/m0/s1. The summed E-state index contributed by atoms with van der Waals surface area (Å²) >= 11 is 0. The highest BCUT2D eigenvalue weighted by Gasteiger charge is 2.31. The molecule has 1 aromatic carbocycles. The summed E-state index contributed by atoms with van der Waals surface area (Å²) in [7, 11) is -3.48. The molecule has 7 nitrogen and oxygen atoms in total. The average Bonchev–Trinajstić information content (AvgIpc) is 2.66. The van der Waals surface area contributed by atoms with E-state index in [0.29, 0.717) is 32.7 Å². The van der Waals surface area contributed by atoms with Crippen LogP contribution in [-0.2, 0) is 19.6 Å². The molecule has 2 atom stereocenters. The van der Waals surface area contributed by atoms with Crippen LogP contribution in [0.1, 0.15) is 19.4 Å². The van der Waals surface area contributed by atoms with Gasteiger partial charge in [0.2, 0.25) is 10.0 Å². The fraction of sp³-hybridized carbons (Fsp3) is 0.550. The van der Waals surface area contributed by atoms with Crippen molar-refractivity contribution in [1.29, 1.82) is 0 Å². The van der Waals surface area contributed by atoms with Crippen LogP contribution in [0.3, 0.4) is 0 Å². The molecular formula is C20H30N3O4S+. The maximum absolute atomic E-state index is 12.6. The Morgan fingerprint density at radius 2 is 1.71 bits per heavy atom. The summed E-state index contributed by atoms with van der Waals surface area (Å²) in [6.45, 7) is 7.71. The zero-order valence-corrected chi connectivity index (χ0v) is 17.4. The molecule has 0 aromatic heterocycles. The Kier molecular flexibility index (Phi) is 6.87. The summed E-state index contributed by atoms with van der Waals surface area (Å²) in [6.07, 6.45) is 1.92. The predicted octanol–water partition coefficient (Wildman–Crippen LogP) is -0.177. The van der Waals surface area contributed by atoms with Crippen molar-refractivity contribution < 1.29 is 22.8 Å². The highest BCUT2D eigenvalue weighted by atomic mass is 32.2. The number of benzene rings is 1. The molecule has 2 heterocycles.